The first kappa shape index (κ1) is 16.1. The fraction of sp³-hybridized carbons (Fsp3) is 0.471. The van der Waals surface area contributed by atoms with Crippen LogP contribution in [0.15, 0.2) is 40.0 Å². The zero-order valence-corrected chi connectivity index (χ0v) is 14.0. The van der Waals surface area contributed by atoms with E-state index in [-0.39, 0.29) is 11.2 Å². The summed E-state index contributed by atoms with van der Waals surface area (Å²) < 4.78 is 5.64. The Morgan fingerprint density at radius 3 is 2.78 bits per heavy atom. The summed E-state index contributed by atoms with van der Waals surface area (Å²) in [6.45, 7) is 1.87. The molecule has 0 saturated heterocycles. The molecular weight excluding hydrogens is 310 g/mol. The highest BCUT2D eigenvalue weighted by Crippen LogP contribution is 2.24. The van der Waals surface area contributed by atoms with Crippen molar-refractivity contribution >= 4 is 17.7 Å². The molecule has 0 spiro atoms. The van der Waals surface area contributed by atoms with Crippen LogP contribution in [0.2, 0.25) is 0 Å². The van der Waals surface area contributed by atoms with Gasteiger partial charge in [0.05, 0.1) is 11.7 Å². The average Bonchev–Trinajstić information content (AvgIpc) is 3.20. The zero-order chi connectivity index (χ0) is 16.1. The Morgan fingerprint density at radius 2 is 2.04 bits per heavy atom. The summed E-state index contributed by atoms with van der Waals surface area (Å²) in [5, 5.41) is 11.4. The largest absolute Gasteiger partial charge is 0.416 e. The quantitative estimate of drug-likeness (QED) is 0.823. The Kier molecular flexibility index (Phi) is 5.33. The lowest BCUT2D eigenvalue weighted by molar-refractivity contribution is -0.120. The Labute approximate surface area is 140 Å². The Balaban J connectivity index is 1.52. The number of nitrogens with one attached hydrogen (secondary N) is 1. The average molecular weight is 331 g/mol. The summed E-state index contributed by atoms with van der Waals surface area (Å²) in [5.74, 6) is 0.617. The molecule has 3 rings (SSSR count). The summed E-state index contributed by atoms with van der Waals surface area (Å²) in [6.07, 6.45) is 5.20. The van der Waals surface area contributed by atoms with E-state index in [9.17, 15) is 4.79 Å². The fourth-order valence-electron chi connectivity index (χ4n) is 2.72. The van der Waals surface area contributed by atoms with Gasteiger partial charge in [-0.2, -0.15) is 0 Å². The van der Waals surface area contributed by atoms with E-state index in [4.69, 9.17) is 4.42 Å². The van der Waals surface area contributed by atoms with Crippen LogP contribution in [0.4, 0.5) is 0 Å². The maximum absolute atomic E-state index is 12.2. The highest BCUT2D eigenvalue weighted by atomic mass is 32.2. The first-order valence-corrected chi connectivity index (χ1v) is 8.92. The van der Waals surface area contributed by atoms with Gasteiger partial charge in [-0.25, -0.2) is 0 Å². The van der Waals surface area contributed by atoms with Crippen molar-refractivity contribution in [2.45, 2.75) is 55.5 Å². The van der Waals surface area contributed by atoms with Gasteiger partial charge in [0.15, 0.2) is 0 Å². The third kappa shape index (κ3) is 4.58. The molecule has 0 radical (unpaired) electrons. The number of carbonyl (C=O) groups is 1. The minimum absolute atomic E-state index is 0.0460. The third-order valence-corrected chi connectivity index (χ3v) is 4.93. The summed E-state index contributed by atoms with van der Waals surface area (Å²) in [4.78, 5) is 12.2. The number of carbonyl (C=O) groups excluding carboxylic acids is 1. The highest BCUT2D eigenvalue weighted by Gasteiger charge is 2.23. The van der Waals surface area contributed by atoms with Crippen LogP contribution in [-0.2, 0) is 11.2 Å². The molecule has 1 N–H and O–H groups in total. The minimum Gasteiger partial charge on any atom is -0.416 e. The molecule has 0 bridgehead atoms. The maximum Gasteiger partial charge on any atom is 0.277 e. The third-order valence-electron chi connectivity index (χ3n) is 3.99. The van der Waals surface area contributed by atoms with E-state index in [2.05, 4.69) is 15.5 Å². The van der Waals surface area contributed by atoms with Crippen LogP contribution < -0.4 is 5.32 Å². The molecule has 5 nitrogen and oxygen atoms in total. The van der Waals surface area contributed by atoms with Crippen molar-refractivity contribution in [3.8, 4) is 0 Å². The van der Waals surface area contributed by atoms with Crippen molar-refractivity contribution in [3.05, 3.63) is 41.8 Å². The SMILES string of the molecule is C[C@@H](Sc1nnc(Cc2ccccc2)o1)C(=O)NC1CCCC1. The molecule has 122 valence electrons. The molecule has 2 aromatic rings. The molecule has 1 aliphatic carbocycles. The minimum atomic E-state index is -0.236. The predicted molar refractivity (Wildman–Crippen MR) is 89.3 cm³/mol. The number of amides is 1. The second-order valence-corrected chi connectivity index (χ2v) is 7.17. The van der Waals surface area contributed by atoms with Crippen LogP contribution in [0.1, 0.15) is 44.1 Å². The monoisotopic (exact) mass is 331 g/mol. The Hall–Kier alpha value is -1.82. The van der Waals surface area contributed by atoms with E-state index in [0.717, 1.165) is 18.4 Å². The van der Waals surface area contributed by atoms with Crippen LogP contribution >= 0.6 is 11.8 Å². The van der Waals surface area contributed by atoms with Crippen LogP contribution in [0, 0.1) is 0 Å². The van der Waals surface area contributed by atoms with Crippen LogP contribution in [0.25, 0.3) is 0 Å². The number of nitrogens with zero attached hydrogens (tertiary/aromatic N) is 2. The number of rotatable bonds is 6. The molecule has 0 unspecified atom stereocenters. The normalized spacial score (nSPS) is 16.4. The van der Waals surface area contributed by atoms with E-state index in [1.54, 1.807) is 0 Å². The smallest absolute Gasteiger partial charge is 0.277 e. The van der Waals surface area contributed by atoms with Gasteiger partial charge >= 0.3 is 0 Å². The maximum atomic E-state index is 12.2. The summed E-state index contributed by atoms with van der Waals surface area (Å²) in [7, 11) is 0. The van der Waals surface area contributed by atoms with Gasteiger partial charge in [0.2, 0.25) is 11.8 Å². The van der Waals surface area contributed by atoms with Crippen LogP contribution in [0.3, 0.4) is 0 Å². The molecule has 6 heteroatoms. The van der Waals surface area contributed by atoms with Crippen LogP contribution in [-0.4, -0.2) is 27.4 Å². The number of hydrogen-bond donors (Lipinski definition) is 1. The van der Waals surface area contributed by atoms with Crippen molar-refractivity contribution in [2.75, 3.05) is 0 Å². The van der Waals surface area contributed by atoms with Crippen molar-refractivity contribution in [2.24, 2.45) is 0 Å². The molecule has 1 aromatic carbocycles. The van der Waals surface area contributed by atoms with Gasteiger partial charge in [-0.15, -0.1) is 10.2 Å². The van der Waals surface area contributed by atoms with Gasteiger partial charge < -0.3 is 9.73 Å². The molecule has 0 aliphatic heterocycles. The highest BCUT2D eigenvalue weighted by molar-refractivity contribution is 8.00. The lowest BCUT2D eigenvalue weighted by atomic mass is 10.2. The molecule has 1 fully saturated rings. The predicted octanol–water partition coefficient (Wildman–Crippen LogP) is 3.20. The first-order valence-electron chi connectivity index (χ1n) is 8.04. The first-order chi connectivity index (χ1) is 11.2. The van der Waals surface area contributed by atoms with Gasteiger partial charge in [0, 0.05) is 6.04 Å². The number of benzene rings is 1. The Morgan fingerprint density at radius 1 is 1.30 bits per heavy atom. The van der Waals surface area contributed by atoms with Crippen molar-refractivity contribution < 1.29 is 9.21 Å². The standard InChI is InChI=1S/C17H21N3O2S/c1-12(16(21)18-14-9-5-6-10-14)23-17-20-19-15(22-17)11-13-7-3-2-4-8-13/h2-4,7-8,12,14H,5-6,9-11H2,1H3,(H,18,21)/t12-/m1/s1. The Bertz CT molecular complexity index is 638. The molecule has 1 atom stereocenters. The van der Waals surface area contributed by atoms with Gasteiger partial charge in [-0.05, 0) is 25.3 Å². The molecule has 1 aromatic heterocycles. The molecule has 1 heterocycles. The summed E-state index contributed by atoms with van der Waals surface area (Å²) >= 11 is 1.31. The lowest BCUT2D eigenvalue weighted by Gasteiger charge is -2.14. The summed E-state index contributed by atoms with van der Waals surface area (Å²) in [6, 6.07) is 10.3. The molecule has 23 heavy (non-hydrogen) atoms. The zero-order valence-electron chi connectivity index (χ0n) is 13.2. The van der Waals surface area contributed by atoms with Gasteiger partial charge in [0.1, 0.15) is 0 Å². The van der Waals surface area contributed by atoms with E-state index in [1.165, 1.54) is 24.6 Å². The van der Waals surface area contributed by atoms with Gasteiger partial charge in [-0.3, -0.25) is 4.79 Å². The lowest BCUT2D eigenvalue weighted by Crippen LogP contribution is -2.37. The van der Waals surface area contributed by atoms with Crippen LogP contribution in [0.5, 0.6) is 0 Å². The second-order valence-electron chi connectivity index (χ2n) is 5.87. The van der Waals surface area contributed by atoms with Gasteiger partial charge in [0.25, 0.3) is 5.22 Å². The van der Waals surface area contributed by atoms with E-state index >= 15 is 0 Å². The van der Waals surface area contributed by atoms with Crippen molar-refractivity contribution in [1.29, 1.82) is 0 Å². The molecule has 1 amide bonds. The fourth-order valence-corrected chi connectivity index (χ4v) is 3.43. The summed E-state index contributed by atoms with van der Waals surface area (Å²) in [5.41, 5.74) is 1.12. The van der Waals surface area contributed by atoms with Gasteiger partial charge in [-0.1, -0.05) is 54.9 Å². The molecule has 1 saturated carbocycles. The second kappa shape index (κ2) is 7.64. The number of hydrogen-bond acceptors (Lipinski definition) is 5. The van der Waals surface area contributed by atoms with E-state index < -0.39 is 0 Å². The van der Waals surface area contributed by atoms with Crippen molar-refractivity contribution in [3.63, 3.8) is 0 Å². The number of thioether (sulfide) groups is 1. The molecular formula is C17H21N3O2S. The molecule has 1 aliphatic rings. The number of aromatic nitrogens is 2. The van der Waals surface area contributed by atoms with E-state index in [1.807, 2.05) is 37.3 Å². The van der Waals surface area contributed by atoms with E-state index in [0.29, 0.717) is 23.6 Å². The van der Waals surface area contributed by atoms with Crippen molar-refractivity contribution in [1.82, 2.24) is 15.5 Å². The topological polar surface area (TPSA) is 68.0 Å².